The predicted molar refractivity (Wildman–Crippen MR) is 78.6 cm³/mol. The molecule has 2 amide bonds. The summed E-state index contributed by atoms with van der Waals surface area (Å²) < 4.78 is 0. The number of benzene rings is 1. The van der Waals surface area contributed by atoms with Gasteiger partial charge in [0.05, 0.1) is 25.2 Å². The lowest BCUT2D eigenvalue weighted by Gasteiger charge is -2.47. The highest BCUT2D eigenvalue weighted by Gasteiger charge is 2.53. The van der Waals surface area contributed by atoms with Gasteiger partial charge in [-0.05, 0) is 36.3 Å². The lowest BCUT2D eigenvalue weighted by molar-refractivity contribution is -0.0921. The van der Waals surface area contributed by atoms with Crippen LogP contribution in [0.25, 0.3) is 0 Å². The molecule has 21 heavy (non-hydrogen) atoms. The predicted octanol–water partition coefficient (Wildman–Crippen LogP) is 0.777. The highest BCUT2D eigenvalue weighted by Crippen LogP contribution is 2.44. The van der Waals surface area contributed by atoms with Crippen molar-refractivity contribution in [3.8, 4) is 0 Å². The molecule has 5 nitrogen and oxygen atoms in total. The molecule has 2 fully saturated rings. The van der Waals surface area contributed by atoms with Crippen molar-refractivity contribution < 1.29 is 9.90 Å². The van der Waals surface area contributed by atoms with Crippen molar-refractivity contribution in [2.75, 3.05) is 13.1 Å². The Morgan fingerprint density at radius 3 is 2.71 bits per heavy atom. The molecule has 4 rings (SSSR count). The molecule has 0 bridgehead atoms. The number of nitrogens with two attached hydrogens (primary N) is 1. The first kappa shape index (κ1) is 13.1. The fraction of sp³-hybridized carbons (Fsp3) is 0.562. The van der Waals surface area contributed by atoms with Crippen LogP contribution in [0.3, 0.4) is 0 Å². The van der Waals surface area contributed by atoms with Crippen molar-refractivity contribution in [1.29, 1.82) is 0 Å². The zero-order valence-corrected chi connectivity index (χ0v) is 12.0. The Hall–Kier alpha value is -1.59. The summed E-state index contributed by atoms with van der Waals surface area (Å²) in [5, 5.41) is 13.3. The first-order valence-electron chi connectivity index (χ1n) is 7.68. The van der Waals surface area contributed by atoms with Crippen LogP contribution in [0.4, 0.5) is 4.79 Å². The monoisotopic (exact) mass is 287 g/mol. The Balaban J connectivity index is 1.36. The molecule has 112 valence electrons. The standard InChI is InChI=1S/C16H21N3O2/c17-14-12-4-2-1-3-10(12)7-13(14)18-15(20)19-8-16(21,9-19)11-5-6-11/h1-4,11,13-14,21H,5-9,17H2,(H,18,20)/t13-,14-/m1/s1. The zero-order valence-electron chi connectivity index (χ0n) is 12.0. The van der Waals surface area contributed by atoms with E-state index in [2.05, 4.69) is 11.4 Å². The number of fused-ring (bicyclic) bond motifs is 1. The Morgan fingerprint density at radius 1 is 1.33 bits per heavy atom. The number of nitrogens with zero attached hydrogens (tertiary/aromatic N) is 1. The van der Waals surface area contributed by atoms with Crippen LogP contribution in [-0.4, -0.2) is 40.8 Å². The summed E-state index contributed by atoms with van der Waals surface area (Å²) in [6.07, 6.45) is 2.97. The van der Waals surface area contributed by atoms with Gasteiger partial charge in [-0.3, -0.25) is 0 Å². The lowest BCUT2D eigenvalue weighted by atomic mass is 9.89. The minimum Gasteiger partial charge on any atom is -0.386 e. The van der Waals surface area contributed by atoms with Crippen LogP contribution in [0.5, 0.6) is 0 Å². The number of hydrogen-bond donors (Lipinski definition) is 3. The maximum absolute atomic E-state index is 12.3. The van der Waals surface area contributed by atoms with Gasteiger partial charge in [-0.25, -0.2) is 4.79 Å². The molecule has 2 aliphatic carbocycles. The number of rotatable bonds is 2. The van der Waals surface area contributed by atoms with Crippen LogP contribution in [-0.2, 0) is 6.42 Å². The Bertz CT molecular complexity index is 579. The highest BCUT2D eigenvalue weighted by molar-refractivity contribution is 5.76. The summed E-state index contributed by atoms with van der Waals surface area (Å²) in [6.45, 7) is 0.914. The van der Waals surface area contributed by atoms with E-state index in [4.69, 9.17) is 5.73 Å². The summed E-state index contributed by atoms with van der Waals surface area (Å²) in [5.41, 5.74) is 7.94. The molecule has 1 aromatic carbocycles. The van der Waals surface area contributed by atoms with Crippen LogP contribution in [0.2, 0.25) is 0 Å². The molecule has 0 spiro atoms. The smallest absolute Gasteiger partial charge is 0.317 e. The third-order valence-corrected chi connectivity index (χ3v) is 5.15. The fourth-order valence-corrected chi connectivity index (χ4v) is 3.65. The van der Waals surface area contributed by atoms with Crippen LogP contribution >= 0.6 is 0 Å². The number of carbonyl (C=O) groups is 1. The average Bonchev–Trinajstić information content (AvgIpc) is 3.23. The topological polar surface area (TPSA) is 78.6 Å². The van der Waals surface area contributed by atoms with Gasteiger partial charge in [0.1, 0.15) is 5.60 Å². The van der Waals surface area contributed by atoms with Gasteiger partial charge in [-0.2, -0.15) is 0 Å². The molecule has 0 aromatic heterocycles. The summed E-state index contributed by atoms with van der Waals surface area (Å²) in [6, 6.07) is 7.78. The number of hydrogen-bond acceptors (Lipinski definition) is 3. The van der Waals surface area contributed by atoms with Crippen LogP contribution in [0.15, 0.2) is 24.3 Å². The third kappa shape index (κ3) is 2.12. The largest absolute Gasteiger partial charge is 0.386 e. The van der Waals surface area contributed by atoms with Gasteiger partial charge in [-0.1, -0.05) is 24.3 Å². The van der Waals surface area contributed by atoms with Crippen LogP contribution in [0.1, 0.15) is 30.0 Å². The number of carbonyl (C=O) groups excluding carboxylic acids is 1. The number of likely N-dealkylation sites (tertiary alicyclic amines) is 1. The molecular formula is C16H21N3O2. The van der Waals surface area contributed by atoms with Gasteiger partial charge in [0, 0.05) is 0 Å². The minimum absolute atomic E-state index is 0.0514. The van der Waals surface area contributed by atoms with Crippen molar-refractivity contribution in [2.45, 2.75) is 36.9 Å². The second kappa shape index (κ2) is 4.45. The first-order valence-corrected chi connectivity index (χ1v) is 7.68. The van der Waals surface area contributed by atoms with Gasteiger partial charge >= 0.3 is 6.03 Å². The van der Waals surface area contributed by atoms with E-state index in [1.807, 2.05) is 18.2 Å². The molecule has 1 heterocycles. The zero-order chi connectivity index (χ0) is 14.6. The maximum Gasteiger partial charge on any atom is 0.317 e. The number of amides is 2. The van der Waals surface area contributed by atoms with Crippen molar-refractivity contribution >= 4 is 6.03 Å². The first-order chi connectivity index (χ1) is 10.1. The second-order valence-corrected chi connectivity index (χ2v) is 6.72. The Labute approximate surface area is 124 Å². The van der Waals surface area contributed by atoms with E-state index >= 15 is 0 Å². The minimum atomic E-state index is -0.627. The van der Waals surface area contributed by atoms with E-state index in [1.54, 1.807) is 4.90 Å². The quantitative estimate of drug-likeness (QED) is 0.752. The second-order valence-electron chi connectivity index (χ2n) is 6.72. The van der Waals surface area contributed by atoms with Gasteiger partial charge in [0.2, 0.25) is 0 Å². The Morgan fingerprint density at radius 2 is 2.05 bits per heavy atom. The molecule has 0 radical (unpaired) electrons. The SMILES string of the molecule is N[C@@H]1c2ccccc2C[C@H]1NC(=O)N1CC(O)(C2CC2)C1. The highest BCUT2D eigenvalue weighted by atomic mass is 16.3. The van der Waals surface area contributed by atoms with Gasteiger partial charge in [0.25, 0.3) is 0 Å². The van der Waals surface area contributed by atoms with Gasteiger partial charge in [-0.15, -0.1) is 0 Å². The molecule has 1 saturated carbocycles. The summed E-state index contributed by atoms with van der Waals surface area (Å²) >= 11 is 0. The van der Waals surface area contributed by atoms with Crippen molar-refractivity contribution in [2.24, 2.45) is 11.7 Å². The van der Waals surface area contributed by atoms with E-state index in [-0.39, 0.29) is 18.1 Å². The maximum atomic E-state index is 12.3. The number of β-amino-alcohol motifs (C(OH)–C–C–N with tert-alkyl or cyclic N) is 1. The summed E-state index contributed by atoms with van der Waals surface area (Å²) in [7, 11) is 0. The number of nitrogens with one attached hydrogen (secondary N) is 1. The van der Waals surface area contributed by atoms with E-state index in [1.165, 1.54) is 5.56 Å². The Kier molecular flexibility index (Phi) is 2.78. The van der Waals surface area contributed by atoms with E-state index < -0.39 is 5.60 Å². The lowest BCUT2D eigenvalue weighted by Crippen LogP contribution is -2.67. The molecule has 1 saturated heterocycles. The molecular weight excluding hydrogens is 266 g/mol. The molecule has 5 heteroatoms. The number of urea groups is 1. The molecule has 3 aliphatic rings. The molecule has 2 atom stereocenters. The van der Waals surface area contributed by atoms with Crippen molar-refractivity contribution in [3.63, 3.8) is 0 Å². The van der Waals surface area contributed by atoms with E-state index in [0.29, 0.717) is 19.0 Å². The number of aliphatic hydroxyl groups is 1. The third-order valence-electron chi connectivity index (χ3n) is 5.15. The molecule has 0 unspecified atom stereocenters. The van der Waals surface area contributed by atoms with Crippen molar-refractivity contribution in [3.05, 3.63) is 35.4 Å². The van der Waals surface area contributed by atoms with Crippen LogP contribution in [0, 0.1) is 5.92 Å². The molecule has 4 N–H and O–H groups in total. The normalized spacial score (nSPS) is 29.7. The van der Waals surface area contributed by atoms with Crippen LogP contribution < -0.4 is 11.1 Å². The molecule has 1 aromatic rings. The summed E-state index contributed by atoms with van der Waals surface area (Å²) in [5.74, 6) is 0.402. The molecule has 1 aliphatic heterocycles. The van der Waals surface area contributed by atoms with E-state index in [0.717, 1.165) is 24.8 Å². The summed E-state index contributed by atoms with van der Waals surface area (Å²) in [4.78, 5) is 13.9. The average molecular weight is 287 g/mol. The van der Waals surface area contributed by atoms with E-state index in [9.17, 15) is 9.90 Å². The van der Waals surface area contributed by atoms with Crippen molar-refractivity contribution in [1.82, 2.24) is 10.2 Å². The fourth-order valence-electron chi connectivity index (χ4n) is 3.65. The van der Waals surface area contributed by atoms with Gasteiger partial charge in [0.15, 0.2) is 0 Å². The van der Waals surface area contributed by atoms with Gasteiger partial charge < -0.3 is 21.1 Å².